The van der Waals surface area contributed by atoms with Crippen LogP contribution in [0, 0.1) is 11.6 Å². The number of aromatic amines is 1. The zero-order valence-electron chi connectivity index (χ0n) is 14.3. The van der Waals surface area contributed by atoms with E-state index >= 15 is 0 Å². The smallest absolute Gasteiger partial charge is 0.254 e. The van der Waals surface area contributed by atoms with Gasteiger partial charge in [-0.1, -0.05) is 41.9 Å². The lowest BCUT2D eigenvalue weighted by Gasteiger charge is -2.28. The molecule has 4 nitrogen and oxygen atoms in total. The molecular weight excluding hydrogens is 372 g/mol. The van der Waals surface area contributed by atoms with Crippen LogP contribution in [0.3, 0.4) is 0 Å². The Morgan fingerprint density at radius 3 is 2.63 bits per heavy atom. The Kier molecular flexibility index (Phi) is 4.76. The van der Waals surface area contributed by atoms with Crippen molar-refractivity contribution in [3.05, 3.63) is 86.3 Å². The van der Waals surface area contributed by atoms with Gasteiger partial charge in [0.25, 0.3) is 5.56 Å². The minimum Gasteiger partial charge on any atom is -0.306 e. The molecule has 138 valence electrons. The summed E-state index contributed by atoms with van der Waals surface area (Å²) in [6, 6.07) is 11.5. The van der Waals surface area contributed by atoms with Crippen LogP contribution in [0.1, 0.15) is 16.8 Å². The van der Waals surface area contributed by atoms with Crippen LogP contribution in [0.25, 0.3) is 11.4 Å². The topological polar surface area (TPSA) is 49.0 Å². The van der Waals surface area contributed by atoms with Crippen LogP contribution in [0.15, 0.2) is 47.3 Å². The summed E-state index contributed by atoms with van der Waals surface area (Å²) in [5.41, 5.74) is 2.06. The first-order chi connectivity index (χ1) is 13.0. The van der Waals surface area contributed by atoms with E-state index < -0.39 is 11.6 Å². The van der Waals surface area contributed by atoms with Gasteiger partial charge in [0.15, 0.2) is 0 Å². The first-order valence-corrected chi connectivity index (χ1v) is 8.93. The standard InChI is InChI=1S/C20H16ClF2N3O/c21-18-14(15(22)6-7-16(18)23)10-26-9-8-13-17(11-26)24-19(25-20(13)27)12-4-2-1-3-5-12/h1-7H,8-11H2,(H,24,25,27). The van der Waals surface area contributed by atoms with Crippen molar-refractivity contribution in [1.82, 2.24) is 14.9 Å². The normalized spacial score (nSPS) is 14.2. The van der Waals surface area contributed by atoms with Gasteiger partial charge in [0, 0.05) is 36.3 Å². The van der Waals surface area contributed by atoms with Crippen LogP contribution in [0.4, 0.5) is 8.78 Å². The molecule has 0 radical (unpaired) electrons. The largest absolute Gasteiger partial charge is 0.306 e. The number of rotatable bonds is 3. The van der Waals surface area contributed by atoms with Crippen molar-refractivity contribution in [2.24, 2.45) is 0 Å². The molecule has 1 N–H and O–H groups in total. The van der Waals surface area contributed by atoms with E-state index in [-0.39, 0.29) is 22.7 Å². The van der Waals surface area contributed by atoms with E-state index in [1.54, 1.807) is 0 Å². The molecule has 0 fully saturated rings. The molecule has 0 saturated heterocycles. The Hall–Kier alpha value is -2.57. The molecule has 1 aliphatic rings. The van der Waals surface area contributed by atoms with Crippen molar-refractivity contribution in [3.63, 3.8) is 0 Å². The maximum atomic E-state index is 14.1. The lowest BCUT2D eigenvalue weighted by atomic mass is 10.0. The van der Waals surface area contributed by atoms with E-state index in [0.717, 1.165) is 17.7 Å². The molecule has 2 heterocycles. The van der Waals surface area contributed by atoms with Gasteiger partial charge >= 0.3 is 0 Å². The number of fused-ring (bicyclic) bond motifs is 1. The average molecular weight is 388 g/mol. The lowest BCUT2D eigenvalue weighted by Crippen LogP contribution is -2.35. The van der Waals surface area contributed by atoms with E-state index in [2.05, 4.69) is 9.97 Å². The predicted molar refractivity (Wildman–Crippen MR) is 99.5 cm³/mol. The number of nitrogens with zero attached hydrogens (tertiary/aromatic N) is 2. The quantitative estimate of drug-likeness (QED) is 0.693. The highest BCUT2D eigenvalue weighted by molar-refractivity contribution is 6.31. The zero-order valence-corrected chi connectivity index (χ0v) is 15.1. The van der Waals surface area contributed by atoms with Gasteiger partial charge in [0.1, 0.15) is 17.5 Å². The van der Waals surface area contributed by atoms with Gasteiger partial charge in [-0.2, -0.15) is 0 Å². The summed E-state index contributed by atoms with van der Waals surface area (Å²) in [5, 5.41) is -0.204. The van der Waals surface area contributed by atoms with Crippen molar-refractivity contribution in [2.45, 2.75) is 19.5 Å². The summed E-state index contributed by atoms with van der Waals surface area (Å²) in [6.07, 6.45) is 0.487. The molecule has 3 aromatic rings. The molecule has 0 spiro atoms. The summed E-state index contributed by atoms with van der Waals surface area (Å²) < 4.78 is 27.8. The van der Waals surface area contributed by atoms with Crippen molar-refractivity contribution < 1.29 is 8.78 Å². The van der Waals surface area contributed by atoms with Crippen molar-refractivity contribution in [3.8, 4) is 11.4 Å². The predicted octanol–water partition coefficient (Wildman–Crippen LogP) is 3.93. The summed E-state index contributed by atoms with van der Waals surface area (Å²) in [4.78, 5) is 21.8. The first-order valence-electron chi connectivity index (χ1n) is 8.55. The Morgan fingerprint density at radius 2 is 1.85 bits per heavy atom. The molecule has 0 bridgehead atoms. The summed E-state index contributed by atoms with van der Waals surface area (Å²) >= 11 is 5.94. The molecule has 4 rings (SSSR count). The number of hydrogen-bond donors (Lipinski definition) is 1. The molecule has 0 aliphatic carbocycles. The van der Waals surface area contributed by atoms with Gasteiger partial charge in [-0.3, -0.25) is 9.69 Å². The number of nitrogens with one attached hydrogen (secondary N) is 1. The minimum atomic E-state index is -0.647. The molecule has 27 heavy (non-hydrogen) atoms. The Balaban J connectivity index is 1.64. The third-order valence-corrected chi connectivity index (χ3v) is 5.13. The molecule has 0 atom stereocenters. The average Bonchev–Trinajstić information content (AvgIpc) is 2.68. The molecule has 1 aromatic heterocycles. The van der Waals surface area contributed by atoms with Crippen molar-refractivity contribution in [1.29, 1.82) is 0 Å². The summed E-state index contributed by atoms with van der Waals surface area (Å²) in [7, 11) is 0. The second-order valence-electron chi connectivity index (χ2n) is 6.49. The molecule has 1 aliphatic heterocycles. The highest BCUT2D eigenvalue weighted by Crippen LogP contribution is 2.26. The maximum Gasteiger partial charge on any atom is 0.254 e. The van der Waals surface area contributed by atoms with Gasteiger partial charge < -0.3 is 4.98 Å². The fourth-order valence-electron chi connectivity index (χ4n) is 3.30. The highest BCUT2D eigenvalue weighted by atomic mass is 35.5. The minimum absolute atomic E-state index is 0.119. The zero-order chi connectivity index (χ0) is 19.0. The van der Waals surface area contributed by atoms with Crippen LogP contribution in [-0.2, 0) is 19.5 Å². The Labute approximate surface area is 159 Å². The van der Waals surface area contributed by atoms with E-state index in [0.29, 0.717) is 36.6 Å². The number of benzene rings is 2. The summed E-state index contributed by atoms with van der Waals surface area (Å²) in [5.74, 6) is -0.696. The highest BCUT2D eigenvalue weighted by Gasteiger charge is 2.23. The monoisotopic (exact) mass is 387 g/mol. The fraction of sp³-hybridized carbons (Fsp3) is 0.200. The number of H-pyrrole nitrogens is 1. The summed E-state index contributed by atoms with van der Waals surface area (Å²) in [6.45, 7) is 1.05. The molecule has 2 aromatic carbocycles. The van der Waals surface area contributed by atoms with Crippen molar-refractivity contribution in [2.75, 3.05) is 6.54 Å². The van der Waals surface area contributed by atoms with Gasteiger partial charge in [-0.25, -0.2) is 13.8 Å². The molecular formula is C20H16ClF2N3O. The number of aromatic nitrogens is 2. The van der Waals surface area contributed by atoms with Crippen LogP contribution < -0.4 is 5.56 Å². The lowest BCUT2D eigenvalue weighted by molar-refractivity contribution is 0.237. The molecule has 0 unspecified atom stereocenters. The second kappa shape index (κ2) is 7.21. The van der Waals surface area contributed by atoms with Crippen molar-refractivity contribution >= 4 is 11.6 Å². The SMILES string of the molecule is O=c1[nH]c(-c2ccccc2)nc2c1CCN(Cc1c(F)ccc(F)c1Cl)C2. The van der Waals surface area contributed by atoms with E-state index in [4.69, 9.17) is 11.6 Å². The third kappa shape index (κ3) is 3.50. The maximum absolute atomic E-state index is 14.1. The second-order valence-corrected chi connectivity index (χ2v) is 6.87. The van der Waals surface area contributed by atoms with Crippen LogP contribution in [0.2, 0.25) is 5.02 Å². The van der Waals surface area contributed by atoms with Crippen LogP contribution in [-0.4, -0.2) is 21.4 Å². The number of halogens is 3. The van der Waals surface area contributed by atoms with Gasteiger partial charge in [0.05, 0.1) is 10.7 Å². The third-order valence-electron chi connectivity index (χ3n) is 4.72. The van der Waals surface area contributed by atoms with Gasteiger partial charge in [0.2, 0.25) is 0 Å². The van der Waals surface area contributed by atoms with E-state index in [1.165, 1.54) is 0 Å². The van der Waals surface area contributed by atoms with Crippen LogP contribution in [0.5, 0.6) is 0 Å². The molecule has 0 saturated carbocycles. The number of hydrogen-bond acceptors (Lipinski definition) is 3. The van der Waals surface area contributed by atoms with Gasteiger partial charge in [-0.15, -0.1) is 0 Å². The van der Waals surface area contributed by atoms with Crippen LogP contribution >= 0.6 is 11.6 Å². The van der Waals surface area contributed by atoms with E-state index in [1.807, 2.05) is 35.2 Å². The fourth-order valence-corrected chi connectivity index (χ4v) is 3.51. The molecule has 7 heteroatoms. The Bertz CT molecular complexity index is 1050. The first kappa shape index (κ1) is 17.8. The van der Waals surface area contributed by atoms with Gasteiger partial charge in [-0.05, 0) is 18.6 Å². The van der Waals surface area contributed by atoms with E-state index in [9.17, 15) is 13.6 Å². The Morgan fingerprint density at radius 1 is 1.11 bits per heavy atom. The molecule has 0 amide bonds.